The first-order valence-corrected chi connectivity index (χ1v) is 7.35. The Labute approximate surface area is 134 Å². The third-order valence-corrected chi connectivity index (χ3v) is 3.49. The largest absolute Gasteiger partial charge is 0.497 e. The molecule has 0 radical (unpaired) electrons. The molecule has 0 unspecified atom stereocenters. The van der Waals surface area contributed by atoms with Gasteiger partial charge in [0.2, 0.25) is 11.9 Å². The minimum absolute atomic E-state index is 0.395. The van der Waals surface area contributed by atoms with Crippen LogP contribution in [0.25, 0.3) is 0 Å². The summed E-state index contributed by atoms with van der Waals surface area (Å²) < 4.78 is 6.83. The van der Waals surface area contributed by atoms with Crippen LogP contribution in [0.15, 0.2) is 54.6 Å². The average Bonchev–Trinajstić information content (AvgIpc) is 2.94. The van der Waals surface area contributed by atoms with Crippen molar-refractivity contribution in [2.24, 2.45) is 0 Å². The standard InChI is InChI=1S/C17H19N5O/c1-23-15-9-7-13(8-10-15)11-19-17-20-16(18)22(21-17)12-14-5-3-2-4-6-14/h2-10H,11-12H2,1H3,(H3,18,19,20,21). The molecule has 3 aromatic rings. The first-order valence-electron chi connectivity index (χ1n) is 7.35. The molecule has 1 heterocycles. The minimum atomic E-state index is 0.395. The lowest BCUT2D eigenvalue weighted by atomic mass is 10.2. The Morgan fingerprint density at radius 2 is 1.78 bits per heavy atom. The normalized spacial score (nSPS) is 10.5. The molecule has 6 nitrogen and oxygen atoms in total. The van der Waals surface area contributed by atoms with Gasteiger partial charge in [0.05, 0.1) is 13.7 Å². The molecule has 0 fully saturated rings. The van der Waals surface area contributed by atoms with Crippen molar-refractivity contribution >= 4 is 11.9 Å². The molecule has 0 saturated heterocycles. The van der Waals surface area contributed by atoms with Crippen LogP contribution < -0.4 is 15.8 Å². The predicted molar refractivity (Wildman–Crippen MR) is 90.3 cm³/mol. The molecule has 0 aliphatic rings. The van der Waals surface area contributed by atoms with E-state index in [4.69, 9.17) is 10.5 Å². The number of anilines is 2. The second-order valence-electron chi connectivity index (χ2n) is 5.14. The van der Waals surface area contributed by atoms with Crippen LogP contribution in [0.2, 0.25) is 0 Å². The zero-order valence-electron chi connectivity index (χ0n) is 12.9. The van der Waals surface area contributed by atoms with Crippen LogP contribution in [0.4, 0.5) is 11.9 Å². The predicted octanol–water partition coefficient (Wildman–Crippen LogP) is 2.53. The van der Waals surface area contributed by atoms with Crippen LogP contribution >= 0.6 is 0 Å². The van der Waals surface area contributed by atoms with Gasteiger partial charge in [-0.3, -0.25) is 0 Å². The van der Waals surface area contributed by atoms with Gasteiger partial charge in [-0.1, -0.05) is 42.5 Å². The summed E-state index contributed by atoms with van der Waals surface area (Å²) in [5.41, 5.74) is 8.17. The Morgan fingerprint density at radius 3 is 2.48 bits per heavy atom. The highest BCUT2D eigenvalue weighted by atomic mass is 16.5. The van der Waals surface area contributed by atoms with E-state index in [1.54, 1.807) is 11.8 Å². The molecule has 0 spiro atoms. The quantitative estimate of drug-likeness (QED) is 0.731. The molecule has 118 valence electrons. The lowest BCUT2D eigenvalue weighted by molar-refractivity contribution is 0.414. The summed E-state index contributed by atoms with van der Waals surface area (Å²) in [7, 11) is 1.65. The Bertz CT molecular complexity index is 752. The Kier molecular flexibility index (Phi) is 4.42. The number of hydrogen-bond acceptors (Lipinski definition) is 5. The molecular weight excluding hydrogens is 290 g/mol. The van der Waals surface area contributed by atoms with Crippen molar-refractivity contribution in [3.8, 4) is 5.75 Å². The Morgan fingerprint density at radius 1 is 1.04 bits per heavy atom. The summed E-state index contributed by atoms with van der Waals surface area (Å²) in [4.78, 5) is 4.25. The molecule has 3 rings (SSSR count). The van der Waals surface area contributed by atoms with Crippen molar-refractivity contribution in [1.82, 2.24) is 14.8 Å². The maximum Gasteiger partial charge on any atom is 0.244 e. The lowest BCUT2D eigenvalue weighted by Gasteiger charge is -2.04. The SMILES string of the molecule is COc1ccc(CNc2nc(N)n(Cc3ccccc3)n2)cc1. The molecule has 23 heavy (non-hydrogen) atoms. The fourth-order valence-corrected chi connectivity index (χ4v) is 2.23. The van der Waals surface area contributed by atoms with Gasteiger partial charge in [0.15, 0.2) is 0 Å². The maximum atomic E-state index is 5.93. The van der Waals surface area contributed by atoms with Gasteiger partial charge in [-0.25, -0.2) is 4.68 Å². The number of aromatic nitrogens is 3. The first-order chi connectivity index (χ1) is 11.2. The first kappa shape index (κ1) is 14.9. The van der Waals surface area contributed by atoms with E-state index in [1.165, 1.54) is 0 Å². The van der Waals surface area contributed by atoms with Gasteiger partial charge < -0.3 is 15.8 Å². The van der Waals surface area contributed by atoms with Crippen molar-refractivity contribution in [2.45, 2.75) is 13.1 Å². The van der Waals surface area contributed by atoms with Crippen LogP contribution in [0, 0.1) is 0 Å². The van der Waals surface area contributed by atoms with Gasteiger partial charge in [-0.2, -0.15) is 4.98 Å². The Balaban J connectivity index is 1.63. The molecule has 6 heteroatoms. The topological polar surface area (TPSA) is 78.0 Å². The van der Waals surface area contributed by atoms with Gasteiger partial charge >= 0.3 is 0 Å². The molecule has 2 aromatic carbocycles. The minimum Gasteiger partial charge on any atom is -0.497 e. The van der Waals surface area contributed by atoms with E-state index in [9.17, 15) is 0 Å². The molecule has 3 N–H and O–H groups in total. The van der Waals surface area contributed by atoms with Gasteiger partial charge in [0.25, 0.3) is 0 Å². The van der Waals surface area contributed by atoms with Crippen molar-refractivity contribution in [3.63, 3.8) is 0 Å². The zero-order chi connectivity index (χ0) is 16.1. The second kappa shape index (κ2) is 6.83. The summed E-state index contributed by atoms with van der Waals surface area (Å²) in [6, 6.07) is 17.9. The summed E-state index contributed by atoms with van der Waals surface area (Å²) in [5, 5.41) is 7.58. The highest BCUT2D eigenvalue weighted by molar-refractivity contribution is 5.35. The van der Waals surface area contributed by atoms with E-state index in [0.717, 1.165) is 16.9 Å². The number of nitrogens with zero attached hydrogens (tertiary/aromatic N) is 3. The molecule has 0 bridgehead atoms. The van der Waals surface area contributed by atoms with Crippen LogP contribution in [0.5, 0.6) is 5.75 Å². The smallest absolute Gasteiger partial charge is 0.244 e. The third kappa shape index (κ3) is 3.79. The molecule has 0 atom stereocenters. The summed E-state index contributed by atoms with van der Waals surface area (Å²) in [6.45, 7) is 1.22. The summed E-state index contributed by atoms with van der Waals surface area (Å²) in [6.07, 6.45) is 0. The summed E-state index contributed by atoms with van der Waals surface area (Å²) >= 11 is 0. The van der Waals surface area contributed by atoms with E-state index in [-0.39, 0.29) is 0 Å². The number of nitrogens with one attached hydrogen (secondary N) is 1. The number of nitrogen functional groups attached to an aromatic ring is 1. The van der Waals surface area contributed by atoms with Gasteiger partial charge in [-0.05, 0) is 23.3 Å². The number of ether oxygens (including phenoxy) is 1. The highest BCUT2D eigenvalue weighted by Crippen LogP contribution is 2.13. The zero-order valence-corrected chi connectivity index (χ0v) is 12.9. The number of rotatable bonds is 6. The lowest BCUT2D eigenvalue weighted by Crippen LogP contribution is -2.06. The molecule has 0 aliphatic heterocycles. The molecule has 1 aromatic heterocycles. The molecule has 0 amide bonds. The van der Waals surface area contributed by atoms with Crippen LogP contribution in [0.3, 0.4) is 0 Å². The van der Waals surface area contributed by atoms with E-state index >= 15 is 0 Å². The van der Waals surface area contributed by atoms with Crippen molar-refractivity contribution in [3.05, 3.63) is 65.7 Å². The highest BCUT2D eigenvalue weighted by Gasteiger charge is 2.07. The van der Waals surface area contributed by atoms with Gasteiger partial charge in [0, 0.05) is 6.54 Å². The van der Waals surface area contributed by atoms with Crippen molar-refractivity contribution < 1.29 is 4.74 Å². The van der Waals surface area contributed by atoms with E-state index in [0.29, 0.717) is 25.0 Å². The second-order valence-corrected chi connectivity index (χ2v) is 5.14. The van der Waals surface area contributed by atoms with Crippen molar-refractivity contribution in [2.75, 3.05) is 18.2 Å². The van der Waals surface area contributed by atoms with E-state index < -0.39 is 0 Å². The fraction of sp³-hybridized carbons (Fsp3) is 0.176. The maximum absolute atomic E-state index is 5.93. The summed E-state index contributed by atoms with van der Waals surface area (Å²) in [5.74, 6) is 1.75. The number of benzene rings is 2. The number of methoxy groups -OCH3 is 1. The van der Waals surface area contributed by atoms with Crippen LogP contribution in [0.1, 0.15) is 11.1 Å². The molecule has 0 aliphatic carbocycles. The van der Waals surface area contributed by atoms with Gasteiger partial charge in [0.1, 0.15) is 5.75 Å². The molecule has 0 saturated carbocycles. The monoisotopic (exact) mass is 309 g/mol. The van der Waals surface area contributed by atoms with Crippen molar-refractivity contribution in [1.29, 1.82) is 0 Å². The third-order valence-electron chi connectivity index (χ3n) is 3.49. The number of nitrogens with two attached hydrogens (primary N) is 1. The van der Waals surface area contributed by atoms with E-state index in [1.807, 2.05) is 54.6 Å². The average molecular weight is 309 g/mol. The van der Waals surface area contributed by atoms with E-state index in [2.05, 4.69) is 15.4 Å². The van der Waals surface area contributed by atoms with Gasteiger partial charge in [-0.15, -0.1) is 5.10 Å². The number of hydrogen-bond donors (Lipinski definition) is 2. The van der Waals surface area contributed by atoms with Crippen LogP contribution in [-0.2, 0) is 13.1 Å². The van der Waals surface area contributed by atoms with Crippen LogP contribution in [-0.4, -0.2) is 21.9 Å². The fourth-order valence-electron chi connectivity index (χ4n) is 2.23. The molecular formula is C17H19N5O. The Hall–Kier alpha value is -3.02.